The minimum Gasteiger partial charge on any atom is -0.233 e. The maximum atomic E-state index is 4.30. The molecule has 3 heteroatoms. The van der Waals surface area contributed by atoms with Crippen LogP contribution in [0.2, 0.25) is 0 Å². The van der Waals surface area contributed by atoms with Crippen molar-refractivity contribution in [3.63, 3.8) is 0 Å². The zero-order valence-corrected chi connectivity index (χ0v) is 8.17. The summed E-state index contributed by atoms with van der Waals surface area (Å²) >= 11 is 3.31. The van der Waals surface area contributed by atoms with Crippen molar-refractivity contribution in [3.05, 3.63) is 34.6 Å². The van der Waals surface area contributed by atoms with E-state index in [2.05, 4.69) is 25.9 Å². The molecule has 60 valence electrons. The van der Waals surface area contributed by atoms with E-state index in [1.54, 1.807) is 0 Å². The van der Waals surface area contributed by atoms with Crippen molar-refractivity contribution in [2.75, 3.05) is 0 Å². The maximum Gasteiger partial charge on any atom is 0.160 e. The third-order valence-electron chi connectivity index (χ3n) is 1.66. The van der Waals surface area contributed by atoms with Gasteiger partial charge in [-0.05, 0) is 47.1 Å². The fourth-order valence-electron chi connectivity index (χ4n) is 1.07. The van der Waals surface area contributed by atoms with Crippen LogP contribution in [-0.4, -0.2) is 9.97 Å². The Kier molecular flexibility index (Phi) is 1.81. The smallest absolute Gasteiger partial charge is 0.160 e. The molecule has 0 fully saturated rings. The van der Waals surface area contributed by atoms with Crippen LogP contribution >= 0.6 is 15.9 Å². The van der Waals surface area contributed by atoms with Crippen LogP contribution in [0.25, 0.3) is 11.0 Å². The van der Waals surface area contributed by atoms with Crippen LogP contribution in [0.1, 0.15) is 5.69 Å². The van der Waals surface area contributed by atoms with Gasteiger partial charge >= 0.3 is 0 Å². The van der Waals surface area contributed by atoms with E-state index in [1.165, 1.54) is 0 Å². The minimum atomic E-state index is 0.796. The molecule has 0 N–H and O–H groups in total. The molecule has 2 aromatic heterocycles. The number of fused-ring (bicyclic) bond motifs is 1. The van der Waals surface area contributed by atoms with Crippen molar-refractivity contribution in [3.8, 4) is 0 Å². The highest BCUT2D eigenvalue weighted by Gasteiger charge is 1.96. The average Bonchev–Trinajstić information content (AvgIpc) is 2.03. The molecule has 0 atom stereocenters. The van der Waals surface area contributed by atoms with Gasteiger partial charge in [0.25, 0.3) is 0 Å². The molecule has 2 heterocycles. The van der Waals surface area contributed by atoms with Gasteiger partial charge < -0.3 is 0 Å². The van der Waals surface area contributed by atoms with Crippen molar-refractivity contribution in [2.45, 2.75) is 6.92 Å². The van der Waals surface area contributed by atoms with Crippen LogP contribution in [0.4, 0.5) is 0 Å². The molecule has 0 radical (unpaired) electrons. The second-order valence-corrected chi connectivity index (χ2v) is 3.45. The van der Waals surface area contributed by atoms with Gasteiger partial charge in [0.2, 0.25) is 0 Å². The second-order valence-electron chi connectivity index (χ2n) is 2.63. The summed E-state index contributed by atoms with van der Waals surface area (Å²) in [6, 6.07) is 7.92. The van der Waals surface area contributed by atoms with Crippen LogP contribution < -0.4 is 0 Å². The number of aromatic nitrogens is 2. The summed E-state index contributed by atoms with van der Waals surface area (Å²) in [5, 5.41) is 1.07. The van der Waals surface area contributed by atoms with E-state index in [4.69, 9.17) is 0 Å². The molecular weight excluding hydrogens is 216 g/mol. The third-order valence-corrected chi connectivity index (χ3v) is 2.10. The predicted molar refractivity (Wildman–Crippen MR) is 52.0 cm³/mol. The van der Waals surface area contributed by atoms with Gasteiger partial charge in [-0.2, -0.15) is 0 Å². The number of pyridine rings is 2. The molecule has 2 nitrogen and oxygen atoms in total. The Morgan fingerprint density at radius 1 is 1.08 bits per heavy atom. The fraction of sp³-hybridized carbons (Fsp3) is 0.111. The van der Waals surface area contributed by atoms with Crippen molar-refractivity contribution in [1.29, 1.82) is 0 Å². The standard InChI is InChI=1S/C9H7BrN2/c1-6-2-3-7-4-5-8(10)12-9(7)11-6/h2-5H,1H3. The van der Waals surface area contributed by atoms with Gasteiger partial charge in [-0.15, -0.1) is 0 Å². The molecule has 0 saturated carbocycles. The lowest BCUT2D eigenvalue weighted by Crippen LogP contribution is -1.86. The number of hydrogen-bond donors (Lipinski definition) is 0. The summed E-state index contributed by atoms with van der Waals surface area (Å²) in [6.07, 6.45) is 0. The largest absolute Gasteiger partial charge is 0.233 e. The quantitative estimate of drug-likeness (QED) is 0.641. The van der Waals surface area contributed by atoms with E-state index >= 15 is 0 Å². The Labute approximate surface area is 78.8 Å². The second kappa shape index (κ2) is 2.83. The topological polar surface area (TPSA) is 25.8 Å². The van der Waals surface area contributed by atoms with Gasteiger partial charge in [0, 0.05) is 11.1 Å². The lowest BCUT2D eigenvalue weighted by molar-refractivity contribution is 1.19. The Hall–Kier alpha value is -0.960. The number of rotatable bonds is 0. The summed E-state index contributed by atoms with van der Waals surface area (Å²) in [5.41, 5.74) is 1.79. The molecule has 0 aliphatic rings. The summed E-state index contributed by atoms with van der Waals surface area (Å²) in [5.74, 6) is 0. The molecule has 0 aromatic carbocycles. The molecular formula is C9H7BrN2. The highest BCUT2D eigenvalue weighted by molar-refractivity contribution is 9.10. The summed E-state index contributed by atoms with van der Waals surface area (Å²) < 4.78 is 0.827. The van der Waals surface area contributed by atoms with Crippen LogP contribution in [0.15, 0.2) is 28.9 Å². The average molecular weight is 223 g/mol. The van der Waals surface area contributed by atoms with Crippen molar-refractivity contribution >= 4 is 27.0 Å². The number of aryl methyl sites for hydroxylation is 1. The number of nitrogens with zero attached hydrogens (tertiary/aromatic N) is 2. The van der Waals surface area contributed by atoms with Crippen LogP contribution in [0.5, 0.6) is 0 Å². The first-order valence-corrected chi connectivity index (χ1v) is 4.45. The molecule has 0 bridgehead atoms. The highest BCUT2D eigenvalue weighted by atomic mass is 79.9. The number of halogens is 1. The zero-order valence-electron chi connectivity index (χ0n) is 6.58. The molecule has 0 saturated heterocycles. The van der Waals surface area contributed by atoms with E-state index in [0.717, 1.165) is 21.3 Å². The monoisotopic (exact) mass is 222 g/mol. The summed E-state index contributed by atoms with van der Waals surface area (Å²) in [4.78, 5) is 8.54. The van der Waals surface area contributed by atoms with Gasteiger partial charge in [-0.3, -0.25) is 0 Å². The molecule has 0 spiro atoms. The molecule has 2 rings (SSSR count). The van der Waals surface area contributed by atoms with E-state index in [0.29, 0.717) is 0 Å². The van der Waals surface area contributed by atoms with Crippen LogP contribution in [-0.2, 0) is 0 Å². The molecule has 2 aromatic rings. The molecule has 0 amide bonds. The molecule has 0 aliphatic heterocycles. The van der Waals surface area contributed by atoms with Crippen molar-refractivity contribution in [1.82, 2.24) is 9.97 Å². The third kappa shape index (κ3) is 1.32. The van der Waals surface area contributed by atoms with E-state index in [1.807, 2.05) is 31.2 Å². The predicted octanol–water partition coefficient (Wildman–Crippen LogP) is 2.70. The first-order chi connectivity index (χ1) is 5.75. The maximum absolute atomic E-state index is 4.30. The van der Waals surface area contributed by atoms with E-state index < -0.39 is 0 Å². The SMILES string of the molecule is Cc1ccc2ccc(Br)nc2n1. The fourth-order valence-corrected chi connectivity index (χ4v) is 1.37. The summed E-state index contributed by atoms with van der Waals surface area (Å²) in [6.45, 7) is 1.96. The lowest BCUT2D eigenvalue weighted by Gasteiger charge is -1.97. The van der Waals surface area contributed by atoms with Crippen molar-refractivity contribution < 1.29 is 0 Å². The Balaban J connectivity index is 2.80. The minimum absolute atomic E-state index is 0.796. The molecule has 0 unspecified atom stereocenters. The van der Waals surface area contributed by atoms with Crippen LogP contribution in [0.3, 0.4) is 0 Å². The van der Waals surface area contributed by atoms with Crippen LogP contribution in [0, 0.1) is 6.92 Å². The van der Waals surface area contributed by atoms with E-state index in [-0.39, 0.29) is 0 Å². The Bertz CT molecular complexity index is 389. The zero-order chi connectivity index (χ0) is 8.55. The first kappa shape index (κ1) is 7.68. The van der Waals surface area contributed by atoms with Gasteiger partial charge in [0.05, 0.1) is 0 Å². The molecule has 12 heavy (non-hydrogen) atoms. The van der Waals surface area contributed by atoms with Gasteiger partial charge in [0.15, 0.2) is 5.65 Å². The Morgan fingerprint density at radius 2 is 1.83 bits per heavy atom. The Morgan fingerprint density at radius 3 is 2.67 bits per heavy atom. The van der Waals surface area contributed by atoms with E-state index in [9.17, 15) is 0 Å². The normalized spacial score (nSPS) is 10.5. The number of hydrogen-bond acceptors (Lipinski definition) is 2. The van der Waals surface area contributed by atoms with Gasteiger partial charge in [0.1, 0.15) is 4.60 Å². The molecule has 0 aliphatic carbocycles. The van der Waals surface area contributed by atoms with Crippen molar-refractivity contribution in [2.24, 2.45) is 0 Å². The summed E-state index contributed by atoms with van der Waals surface area (Å²) in [7, 11) is 0. The first-order valence-electron chi connectivity index (χ1n) is 3.65. The highest BCUT2D eigenvalue weighted by Crippen LogP contribution is 2.13. The lowest BCUT2D eigenvalue weighted by atomic mass is 10.3. The van der Waals surface area contributed by atoms with Gasteiger partial charge in [-0.1, -0.05) is 0 Å². The van der Waals surface area contributed by atoms with Gasteiger partial charge in [-0.25, -0.2) is 9.97 Å².